The van der Waals surface area contributed by atoms with Gasteiger partial charge < -0.3 is 0 Å². The van der Waals surface area contributed by atoms with Crippen LogP contribution in [0.25, 0.3) is 6.08 Å². The van der Waals surface area contributed by atoms with Gasteiger partial charge in [0.25, 0.3) is 0 Å². The number of hydrogen-bond acceptors (Lipinski definition) is 0. The Labute approximate surface area is 92.3 Å². The van der Waals surface area contributed by atoms with Gasteiger partial charge in [0.15, 0.2) is 0 Å². The van der Waals surface area contributed by atoms with Crippen LogP contribution in [0.5, 0.6) is 0 Å². The quantitative estimate of drug-likeness (QED) is 0.548. The minimum atomic E-state index is 0.135. The first-order valence-corrected chi connectivity index (χ1v) is 5.57. The Kier molecular flexibility index (Phi) is 2.52. The highest BCUT2D eigenvalue weighted by molar-refractivity contribution is 5.58. The lowest BCUT2D eigenvalue weighted by molar-refractivity contribution is 0.659. The summed E-state index contributed by atoms with van der Waals surface area (Å²) in [5, 5.41) is 0. The minimum Gasteiger partial charge on any atom is -0.0810 e. The second kappa shape index (κ2) is 3.69. The molecule has 0 amide bonds. The van der Waals surface area contributed by atoms with Crippen molar-refractivity contribution in [3.8, 4) is 0 Å². The molecule has 0 saturated heterocycles. The first-order valence-electron chi connectivity index (χ1n) is 5.57. The summed E-state index contributed by atoms with van der Waals surface area (Å²) in [7, 11) is 0. The molecule has 0 spiro atoms. The van der Waals surface area contributed by atoms with Gasteiger partial charge in [0.05, 0.1) is 0 Å². The Morgan fingerprint density at radius 1 is 1.07 bits per heavy atom. The molecule has 0 aromatic heterocycles. The highest BCUT2D eigenvalue weighted by atomic mass is 14.2. The summed E-state index contributed by atoms with van der Waals surface area (Å²) in [5.74, 6) is 0.526. The third-order valence-corrected chi connectivity index (χ3v) is 3.05. The van der Waals surface area contributed by atoms with Gasteiger partial charge in [0, 0.05) is 5.41 Å². The monoisotopic (exact) mass is 198 g/mol. The average Bonchev–Trinajstić information content (AvgIpc) is 2.23. The molecule has 1 unspecified atom stereocenters. The molecule has 0 heteroatoms. The number of rotatable bonds is 0. The van der Waals surface area contributed by atoms with E-state index in [0.717, 1.165) is 0 Å². The molecular weight excluding hydrogens is 180 g/mol. The predicted octanol–water partition coefficient (Wildman–Crippen LogP) is 4.18. The van der Waals surface area contributed by atoms with Gasteiger partial charge >= 0.3 is 0 Å². The van der Waals surface area contributed by atoms with Crippen molar-refractivity contribution in [2.75, 3.05) is 0 Å². The zero-order valence-electron chi connectivity index (χ0n) is 9.70. The number of hydrogen-bond donors (Lipinski definition) is 0. The van der Waals surface area contributed by atoms with Crippen LogP contribution in [0.1, 0.15) is 31.9 Å². The van der Waals surface area contributed by atoms with Crippen molar-refractivity contribution < 1.29 is 0 Å². The van der Waals surface area contributed by atoms with E-state index in [2.05, 4.69) is 69.3 Å². The van der Waals surface area contributed by atoms with E-state index >= 15 is 0 Å². The number of fused-ring (bicyclic) bond motifs is 1. The summed E-state index contributed by atoms with van der Waals surface area (Å²) < 4.78 is 0. The van der Waals surface area contributed by atoms with Crippen molar-refractivity contribution in [1.82, 2.24) is 0 Å². The van der Waals surface area contributed by atoms with Crippen LogP contribution in [0, 0.1) is 5.92 Å². The van der Waals surface area contributed by atoms with E-state index in [4.69, 9.17) is 0 Å². The summed E-state index contributed by atoms with van der Waals surface area (Å²) in [4.78, 5) is 0. The number of allylic oxidation sites excluding steroid dienone is 3. The standard InChI is InChI=1S/C15H18/c1-12-8-9-13-6-4-5-7-14(13)15(2,3)11-10-12/h4-12H,1-3H3/b9-8-,11-10-. The zero-order chi connectivity index (χ0) is 10.9. The van der Waals surface area contributed by atoms with E-state index < -0.39 is 0 Å². The van der Waals surface area contributed by atoms with Crippen LogP contribution >= 0.6 is 0 Å². The molecule has 1 atom stereocenters. The van der Waals surface area contributed by atoms with Crippen LogP contribution in [-0.2, 0) is 5.41 Å². The second-order valence-corrected chi connectivity index (χ2v) is 4.89. The normalized spacial score (nSPS) is 27.3. The van der Waals surface area contributed by atoms with Gasteiger partial charge in [-0.1, -0.05) is 69.3 Å². The summed E-state index contributed by atoms with van der Waals surface area (Å²) in [6, 6.07) is 8.64. The summed E-state index contributed by atoms with van der Waals surface area (Å²) >= 11 is 0. The maximum atomic E-state index is 2.32. The first-order chi connectivity index (χ1) is 7.09. The fourth-order valence-electron chi connectivity index (χ4n) is 2.03. The summed E-state index contributed by atoms with van der Waals surface area (Å²) in [6.45, 7) is 6.76. The molecule has 0 saturated carbocycles. The summed E-state index contributed by atoms with van der Waals surface area (Å²) in [6.07, 6.45) is 9.10. The van der Waals surface area contributed by atoms with E-state index in [1.54, 1.807) is 0 Å². The molecular formula is C15H18. The van der Waals surface area contributed by atoms with E-state index in [0.29, 0.717) is 5.92 Å². The predicted molar refractivity (Wildman–Crippen MR) is 66.8 cm³/mol. The van der Waals surface area contributed by atoms with Crippen LogP contribution in [0.2, 0.25) is 0 Å². The van der Waals surface area contributed by atoms with Crippen molar-refractivity contribution in [2.45, 2.75) is 26.2 Å². The topological polar surface area (TPSA) is 0 Å². The smallest absolute Gasteiger partial charge is 0.00814 e. The van der Waals surface area contributed by atoms with Crippen molar-refractivity contribution >= 4 is 6.08 Å². The lowest BCUT2D eigenvalue weighted by Gasteiger charge is -2.25. The second-order valence-electron chi connectivity index (χ2n) is 4.89. The fourth-order valence-corrected chi connectivity index (χ4v) is 2.03. The fraction of sp³-hybridized carbons (Fsp3) is 0.333. The van der Waals surface area contributed by atoms with Gasteiger partial charge in [-0.2, -0.15) is 0 Å². The third kappa shape index (κ3) is 2.04. The van der Waals surface area contributed by atoms with Gasteiger partial charge in [0.2, 0.25) is 0 Å². The van der Waals surface area contributed by atoms with E-state index in [1.165, 1.54) is 11.1 Å². The van der Waals surface area contributed by atoms with E-state index in [1.807, 2.05) is 0 Å². The van der Waals surface area contributed by atoms with Crippen LogP contribution in [0.4, 0.5) is 0 Å². The van der Waals surface area contributed by atoms with Crippen LogP contribution in [0.3, 0.4) is 0 Å². The van der Waals surface area contributed by atoms with Crippen LogP contribution in [0.15, 0.2) is 42.5 Å². The molecule has 15 heavy (non-hydrogen) atoms. The highest BCUT2D eigenvalue weighted by Gasteiger charge is 2.20. The van der Waals surface area contributed by atoms with Crippen LogP contribution in [-0.4, -0.2) is 0 Å². The summed E-state index contributed by atoms with van der Waals surface area (Å²) in [5.41, 5.74) is 2.89. The first kappa shape index (κ1) is 10.2. The molecule has 0 radical (unpaired) electrons. The van der Waals surface area contributed by atoms with Gasteiger partial charge in [-0.05, 0) is 17.0 Å². The Bertz CT molecular complexity index is 408. The Hall–Kier alpha value is -1.30. The molecule has 1 aromatic carbocycles. The molecule has 0 N–H and O–H groups in total. The van der Waals surface area contributed by atoms with Crippen molar-refractivity contribution in [3.05, 3.63) is 53.6 Å². The third-order valence-electron chi connectivity index (χ3n) is 3.05. The Balaban J connectivity index is 2.59. The average molecular weight is 198 g/mol. The molecule has 0 bridgehead atoms. The van der Waals surface area contributed by atoms with Gasteiger partial charge in [-0.25, -0.2) is 0 Å². The van der Waals surface area contributed by atoms with Crippen LogP contribution < -0.4 is 0 Å². The van der Waals surface area contributed by atoms with Crippen molar-refractivity contribution in [2.24, 2.45) is 5.92 Å². The Morgan fingerprint density at radius 2 is 1.80 bits per heavy atom. The minimum absolute atomic E-state index is 0.135. The van der Waals surface area contributed by atoms with E-state index in [-0.39, 0.29) is 5.41 Å². The molecule has 78 valence electrons. The molecule has 2 rings (SSSR count). The molecule has 0 fully saturated rings. The molecule has 0 aliphatic heterocycles. The maximum absolute atomic E-state index is 2.32. The molecule has 1 aromatic rings. The van der Waals surface area contributed by atoms with Crippen molar-refractivity contribution in [1.29, 1.82) is 0 Å². The largest absolute Gasteiger partial charge is 0.0810 e. The molecule has 1 aliphatic carbocycles. The molecule has 1 aliphatic rings. The van der Waals surface area contributed by atoms with Gasteiger partial charge in [-0.15, -0.1) is 0 Å². The van der Waals surface area contributed by atoms with Crippen molar-refractivity contribution in [3.63, 3.8) is 0 Å². The lowest BCUT2D eigenvalue weighted by atomic mass is 9.79. The van der Waals surface area contributed by atoms with E-state index in [9.17, 15) is 0 Å². The highest BCUT2D eigenvalue weighted by Crippen LogP contribution is 2.31. The van der Waals surface area contributed by atoms with Gasteiger partial charge in [-0.3, -0.25) is 0 Å². The molecule has 0 heterocycles. The number of benzene rings is 1. The van der Waals surface area contributed by atoms with Gasteiger partial charge in [0.1, 0.15) is 0 Å². The maximum Gasteiger partial charge on any atom is 0.00814 e. The SMILES string of the molecule is CC1/C=C\c2ccccc2C(C)(C)/C=C\1. The lowest BCUT2D eigenvalue weighted by Crippen LogP contribution is -2.16. The Morgan fingerprint density at radius 3 is 2.60 bits per heavy atom. The molecule has 0 nitrogen and oxygen atoms in total. The zero-order valence-corrected chi connectivity index (χ0v) is 9.70.